The Bertz CT molecular complexity index is 466. The van der Waals surface area contributed by atoms with Crippen LogP contribution in [0.4, 0.5) is 0 Å². The number of aliphatic carboxylic acids is 1. The SMILES string of the molecule is CCC1CC(C(=O)O)C(C(O)c2cc(C)sc2C)C1. The summed E-state index contributed by atoms with van der Waals surface area (Å²) in [7, 11) is 0. The van der Waals surface area contributed by atoms with Crippen LogP contribution in [0.3, 0.4) is 0 Å². The van der Waals surface area contributed by atoms with Crippen molar-refractivity contribution in [1.82, 2.24) is 0 Å². The average molecular weight is 282 g/mol. The predicted octanol–water partition coefficient (Wildman–Crippen LogP) is 3.54. The molecule has 1 aromatic heterocycles. The number of carboxylic acid groups (broad SMARTS) is 1. The molecule has 0 amide bonds. The molecule has 4 heteroatoms. The molecular weight excluding hydrogens is 260 g/mol. The molecule has 19 heavy (non-hydrogen) atoms. The molecular formula is C15H22O3S. The Balaban J connectivity index is 2.23. The van der Waals surface area contributed by atoms with E-state index in [0.29, 0.717) is 12.3 Å². The Labute approximate surface area is 118 Å². The minimum atomic E-state index is -0.760. The van der Waals surface area contributed by atoms with Crippen LogP contribution < -0.4 is 0 Å². The summed E-state index contributed by atoms with van der Waals surface area (Å²) in [6.45, 7) is 6.11. The van der Waals surface area contributed by atoms with E-state index in [1.165, 1.54) is 4.88 Å². The van der Waals surface area contributed by atoms with Crippen molar-refractivity contribution < 1.29 is 15.0 Å². The van der Waals surface area contributed by atoms with Gasteiger partial charge in [-0.05, 0) is 44.2 Å². The number of hydrogen-bond acceptors (Lipinski definition) is 3. The standard InChI is InChI=1S/C15H22O3S/c1-4-10-6-12(13(7-10)15(17)18)14(16)11-5-8(2)19-9(11)3/h5,10,12-14,16H,4,6-7H2,1-3H3,(H,17,18). The van der Waals surface area contributed by atoms with Gasteiger partial charge >= 0.3 is 5.97 Å². The van der Waals surface area contributed by atoms with Gasteiger partial charge in [-0.1, -0.05) is 13.3 Å². The van der Waals surface area contributed by atoms with Crippen molar-refractivity contribution in [3.05, 3.63) is 21.4 Å². The number of aliphatic hydroxyl groups is 1. The molecule has 1 fully saturated rings. The summed E-state index contributed by atoms with van der Waals surface area (Å²) >= 11 is 1.67. The molecule has 106 valence electrons. The maximum absolute atomic E-state index is 11.4. The molecule has 0 spiro atoms. The van der Waals surface area contributed by atoms with Crippen LogP contribution in [0.1, 0.15) is 47.6 Å². The van der Waals surface area contributed by atoms with Gasteiger partial charge in [-0.2, -0.15) is 0 Å². The lowest BCUT2D eigenvalue weighted by atomic mass is 9.87. The van der Waals surface area contributed by atoms with Crippen molar-refractivity contribution in [2.45, 2.75) is 46.1 Å². The van der Waals surface area contributed by atoms with Gasteiger partial charge in [0.1, 0.15) is 0 Å². The van der Waals surface area contributed by atoms with Crippen LogP contribution in [0.5, 0.6) is 0 Å². The maximum atomic E-state index is 11.4. The molecule has 1 aliphatic rings. The first-order chi connectivity index (χ1) is 8.93. The van der Waals surface area contributed by atoms with E-state index in [-0.39, 0.29) is 5.92 Å². The minimum Gasteiger partial charge on any atom is -0.481 e. The van der Waals surface area contributed by atoms with Crippen molar-refractivity contribution in [3.8, 4) is 0 Å². The monoisotopic (exact) mass is 282 g/mol. The molecule has 0 saturated heterocycles. The lowest BCUT2D eigenvalue weighted by Crippen LogP contribution is -2.23. The highest BCUT2D eigenvalue weighted by Gasteiger charge is 2.42. The third kappa shape index (κ3) is 2.84. The second kappa shape index (κ2) is 5.63. The van der Waals surface area contributed by atoms with E-state index >= 15 is 0 Å². The molecule has 1 aromatic rings. The van der Waals surface area contributed by atoms with Gasteiger partial charge in [-0.25, -0.2) is 0 Å². The molecule has 0 radical (unpaired) electrons. The summed E-state index contributed by atoms with van der Waals surface area (Å²) in [6.07, 6.45) is 1.88. The largest absolute Gasteiger partial charge is 0.481 e. The Morgan fingerprint density at radius 3 is 2.63 bits per heavy atom. The Hall–Kier alpha value is -0.870. The van der Waals surface area contributed by atoms with Crippen molar-refractivity contribution in [3.63, 3.8) is 0 Å². The van der Waals surface area contributed by atoms with Crippen molar-refractivity contribution in [1.29, 1.82) is 0 Å². The third-order valence-corrected chi connectivity index (χ3v) is 5.39. The number of aliphatic hydroxyl groups excluding tert-OH is 1. The number of thiophene rings is 1. The molecule has 2 rings (SSSR count). The quantitative estimate of drug-likeness (QED) is 0.888. The van der Waals surface area contributed by atoms with Gasteiger partial charge in [0.25, 0.3) is 0 Å². The van der Waals surface area contributed by atoms with Crippen molar-refractivity contribution >= 4 is 17.3 Å². The smallest absolute Gasteiger partial charge is 0.306 e. The zero-order valence-corrected chi connectivity index (χ0v) is 12.5. The lowest BCUT2D eigenvalue weighted by molar-refractivity contribution is -0.144. The number of carbonyl (C=O) groups is 1. The summed E-state index contributed by atoms with van der Waals surface area (Å²) in [6, 6.07) is 2.00. The van der Waals surface area contributed by atoms with Gasteiger partial charge in [0.2, 0.25) is 0 Å². The normalized spacial score (nSPS) is 28.5. The minimum absolute atomic E-state index is 0.143. The average Bonchev–Trinajstić information content (AvgIpc) is 2.91. The molecule has 0 bridgehead atoms. The van der Waals surface area contributed by atoms with Gasteiger partial charge < -0.3 is 10.2 Å². The van der Waals surface area contributed by atoms with Crippen LogP contribution in [-0.2, 0) is 4.79 Å². The van der Waals surface area contributed by atoms with Gasteiger partial charge in [0.15, 0.2) is 0 Å². The summed E-state index contributed by atoms with van der Waals surface area (Å²) < 4.78 is 0. The molecule has 1 saturated carbocycles. The molecule has 2 N–H and O–H groups in total. The van der Waals surface area contributed by atoms with E-state index in [9.17, 15) is 15.0 Å². The Morgan fingerprint density at radius 1 is 1.47 bits per heavy atom. The maximum Gasteiger partial charge on any atom is 0.306 e. The highest BCUT2D eigenvalue weighted by molar-refractivity contribution is 7.12. The van der Waals surface area contributed by atoms with Crippen LogP contribution in [0, 0.1) is 31.6 Å². The fraction of sp³-hybridized carbons (Fsp3) is 0.667. The molecule has 0 aliphatic heterocycles. The van der Waals surface area contributed by atoms with Crippen LogP contribution in [0.25, 0.3) is 0 Å². The zero-order valence-electron chi connectivity index (χ0n) is 11.7. The number of carboxylic acids is 1. The van der Waals surface area contributed by atoms with Crippen LogP contribution in [0.2, 0.25) is 0 Å². The third-order valence-electron chi connectivity index (χ3n) is 4.41. The molecule has 4 unspecified atom stereocenters. The topological polar surface area (TPSA) is 57.5 Å². The Morgan fingerprint density at radius 2 is 2.16 bits per heavy atom. The highest BCUT2D eigenvalue weighted by atomic mass is 32.1. The highest BCUT2D eigenvalue weighted by Crippen LogP contribution is 2.46. The predicted molar refractivity (Wildman–Crippen MR) is 76.4 cm³/mol. The van der Waals surface area contributed by atoms with E-state index in [0.717, 1.165) is 23.3 Å². The fourth-order valence-corrected chi connectivity index (χ4v) is 4.29. The Kier molecular flexibility index (Phi) is 4.31. The molecule has 0 aromatic carbocycles. The molecule has 1 aliphatic carbocycles. The van der Waals surface area contributed by atoms with E-state index in [1.54, 1.807) is 11.3 Å². The summed E-state index contributed by atoms with van der Waals surface area (Å²) in [5, 5.41) is 19.9. The van der Waals surface area contributed by atoms with Gasteiger partial charge in [0, 0.05) is 15.7 Å². The summed E-state index contributed by atoms with van der Waals surface area (Å²) in [4.78, 5) is 13.7. The van der Waals surface area contributed by atoms with Crippen molar-refractivity contribution in [2.75, 3.05) is 0 Å². The first-order valence-electron chi connectivity index (χ1n) is 6.91. The van der Waals surface area contributed by atoms with E-state index in [2.05, 4.69) is 6.92 Å². The number of hydrogen-bond donors (Lipinski definition) is 2. The number of aryl methyl sites for hydroxylation is 2. The van der Waals surface area contributed by atoms with Gasteiger partial charge in [-0.3, -0.25) is 4.79 Å². The fourth-order valence-electron chi connectivity index (χ4n) is 3.32. The van der Waals surface area contributed by atoms with Crippen LogP contribution in [0.15, 0.2) is 6.07 Å². The first-order valence-corrected chi connectivity index (χ1v) is 7.73. The molecule has 4 atom stereocenters. The van der Waals surface area contributed by atoms with E-state index in [4.69, 9.17) is 0 Å². The van der Waals surface area contributed by atoms with Gasteiger partial charge in [0.05, 0.1) is 12.0 Å². The van der Waals surface area contributed by atoms with Crippen LogP contribution >= 0.6 is 11.3 Å². The second-order valence-corrected chi connectivity index (χ2v) is 7.13. The second-order valence-electron chi connectivity index (χ2n) is 5.67. The lowest BCUT2D eigenvalue weighted by Gasteiger charge is -2.22. The zero-order chi connectivity index (χ0) is 14.2. The van der Waals surface area contributed by atoms with E-state index in [1.807, 2.05) is 19.9 Å². The van der Waals surface area contributed by atoms with E-state index < -0.39 is 18.0 Å². The van der Waals surface area contributed by atoms with Crippen molar-refractivity contribution in [2.24, 2.45) is 17.8 Å². The van der Waals surface area contributed by atoms with Crippen LogP contribution in [-0.4, -0.2) is 16.2 Å². The molecule has 3 nitrogen and oxygen atoms in total. The number of rotatable bonds is 4. The molecule has 1 heterocycles. The van der Waals surface area contributed by atoms with Gasteiger partial charge in [-0.15, -0.1) is 11.3 Å². The summed E-state index contributed by atoms with van der Waals surface area (Å²) in [5.74, 6) is -0.875. The first kappa shape index (κ1) is 14.5. The summed E-state index contributed by atoms with van der Waals surface area (Å²) in [5.41, 5.74) is 0.926.